The maximum Gasteiger partial charge on any atom is 0.115 e. The van der Waals surface area contributed by atoms with Crippen LogP contribution in [0.5, 0.6) is 0 Å². The van der Waals surface area contributed by atoms with Gasteiger partial charge in [-0.1, -0.05) is 19.4 Å². The van der Waals surface area contributed by atoms with Crippen molar-refractivity contribution in [3.63, 3.8) is 0 Å². The molecule has 0 aliphatic heterocycles. The number of likely N-dealkylation sites (N-methyl/N-ethyl adjacent to an activating group) is 1. The molecule has 0 amide bonds. The van der Waals surface area contributed by atoms with Gasteiger partial charge in [-0.25, -0.2) is 4.98 Å². The van der Waals surface area contributed by atoms with Gasteiger partial charge in [0, 0.05) is 18.1 Å². The minimum atomic E-state index is 0.979. The zero-order valence-corrected chi connectivity index (χ0v) is 9.03. The number of thiazole rings is 1. The summed E-state index contributed by atoms with van der Waals surface area (Å²) in [5.74, 6) is 0. The molecule has 2 nitrogen and oxygen atoms in total. The van der Waals surface area contributed by atoms with Crippen LogP contribution in [0.2, 0.25) is 0 Å². The first kappa shape index (κ1) is 10.4. The van der Waals surface area contributed by atoms with Gasteiger partial charge in [0.05, 0.1) is 0 Å². The second-order valence-electron chi connectivity index (χ2n) is 2.81. The fourth-order valence-electron chi connectivity index (χ4n) is 1.04. The van der Waals surface area contributed by atoms with Crippen molar-refractivity contribution in [2.24, 2.45) is 0 Å². The predicted molar refractivity (Wildman–Crippen MR) is 58.9 cm³/mol. The van der Waals surface area contributed by atoms with Crippen LogP contribution < -0.4 is 5.32 Å². The maximum absolute atomic E-state index is 4.23. The van der Waals surface area contributed by atoms with Crippen molar-refractivity contribution >= 4 is 17.4 Å². The summed E-state index contributed by atoms with van der Waals surface area (Å²) in [6.45, 7) is 6.30. The summed E-state index contributed by atoms with van der Waals surface area (Å²) in [5, 5.41) is 6.43. The third kappa shape index (κ3) is 3.70. The van der Waals surface area contributed by atoms with Gasteiger partial charge in [0.2, 0.25) is 0 Å². The zero-order chi connectivity index (χ0) is 9.52. The standard InChI is InChI=1S/C10H16N2S/c1-3-9(8-11-4-2)7-10-12-5-6-13-10/h5-7,11H,3-4,8H2,1-2H3/b9-7+. The monoisotopic (exact) mass is 196 g/mol. The van der Waals surface area contributed by atoms with Crippen LogP contribution in [-0.4, -0.2) is 18.1 Å². The molecule has 1 heterocycles. The topological polar surface area (TPSA) is 24.9 Å². The molecule has 0 radical (unpaired) electrons. The van der Waals surface area contributed by atoms with Crippen LogP contribution in [0.4, 0.5) is 0 Å². The highest BCUT2D eigenvalue weighted by molar-refractivity contribution is 7.10. The van der Waals surface area contributed by atoms with Crippen LogP contribution >= 0.6 is 11.3 Å². The Morgan fingerprint density at radius 1 is 1.62 bits per heavy atom. The average molecular weight is 196 g/mol. The Bertz CT molecular complexity index is 252. The molecule has 1 rings (SSSR count). The highest BCUT2D eigenvalue weighted by Crippen LogP contribution is 2.11. The molecule has 72 valence electrons. The van der Waals surface area contributed by atoms with Crippen molar-refractivity contribution in [1.29, 1.82) is 0 Å². The molecule has 0 aliphatic rings. The molecule has 1 aromatic heterocycles. The van der Waals surface area contributed by atoms with Crippen LogP contribution in [0.3, 0.4) is 0 Å². The lowest BCUT2D eigenvalue weighted by Gasteiger charge is -2.03. The molecule has 0 aliphatic carbocycles. The molecule has 13 heavy (non-hydrogen) atoms. The lowest BCUT2D eigenvalue weighted by atomic mass is 10.2. The summed E-state index contributed by atoms with van der Waals surface area (Å²) >= 11 is 1.68. The summed E-state index contributed by atoms with van der Waals surface area (Å²) in [6, 6.07) is 0. The Balaban J connectivity index is 2.55. The summed E-state index contributed by atoms with van der Waals surface area (Å²) in [6.07, 6.45) is 5.11. The minimum absolute atomic E-state index is 0.979. The molecule has 0 spiro atoms. The lowest BCUT2D eigenvalue weighted by molar-refractivity contribution is 0.762. The van der Waals surface area contributed by atoms with Gasteiger partial charge in [-0.05, 0) is 19.0 Å². The Morgan fingerprint density at radius 2 is 2.46 bits per heavy atom. The highest BCUT2D eigenvalue weighted by Gasteiger charge is 1.95. The normalized spacial score (nSPS) is 12.0. The second kappa shape index (κ2) is 5.89. The van der Waals surface area contributed by atoms with E-state index in [-0.39, 0.29) is 0 Å². The van der Waals surface area contributed by atoms with Gasteiger partial charge in [0.1, 0.15) is 5.01 Å². The molecule has 0 fully saturated rings. The van der Waals surface area contributed by atoms with E-state index in [4.69, 9.17) is 0 Å². The molecular weight excluding hydrogens is 180 g/mol. The molecule has 0 bridgehead atoms. The van der Waals surface area contributed by atoms with E-state index in [1.165, 1.54) is 5.57 Å². The number of hydrogen-bond acceptors (Lipinski definition) is 3. The third-order valence-electron chi connectivity index (χ3n) is 1.84. The van der Waals surface area contributed by atoms with E-state index in [0.29, 0.717) is 0 Å². The fourth-order valence-corrected chi connectivity index (χ4v) is 1.66. The number of nitrogens with one attached hydrogen (secondary N) is 1. The summed E-state index contributed by atoms with van der Waals surface area (Å²) in [7, 11) is 0. The SMILES string of the molecule is CCNC/C(=C/c1nccs1)CC. The van der Waals surface area contributed by atoms with E-state index in [1.54, 1.807) is 11.3 Å². The van der Waals surface area contributed by atoms with Gasteiger partial charge in [-0.3, -0.25) is 0 Å². The van der Waals surface area contributed by atoms with Gasteiger partial charge < -0.3 is 5.32 Å². The maximum atomic E-state index is 4.23. The molecule has 1 aromatic rings. The molecule has 0 saturated heterocycles. The first-order chi connectivity index (χ1) is 6.36. The molecule has 0 unspecified atom stereocenters. The zero-order valence-electron chi connectivity index (χ0n) is 8.21. The van der Waals surface area contributed by atoms with Crippen LogP contribution in [0.25, 0.3) is 6.08 Å². The smallest absolute Gasteiger partial charge is 0.115 e. The van der Waals surface area contributed by atoms with Crippen LogP contribution in [-0.2, 0) is 0 Å². The number of hydrogen-bond donors (Lipinski definition) is 1. The van der Waals surface area contributed by atoms with Gasteiger partial charge in [-0.15, -0.1) is 11.3 Å². The lowest BCUT2D eigenvalue weighted by Crippen LogP contribution is -2.15. The molecular formula is C10H16N2S. The fraction of sp³-hybridized carbons (Fsp3) is 0.500. The summed E-state index contributed by atoms with van der Waals surface area (Å²) in [4.78, 5) is 4.23. The number of aromatic nitrogens is 1. The van der Waals surface area contributed by atoms with Gasteiger partial charge in [0.25, 0.3) is 0 Å². The summed E-state index contributed by atoms with van der Waals surface area (Å²) < 4.78 is 0. The van der Waals surface area contributed by atoms with Crippen molar-refractivity contribution in [3.8, 4) is 0 Å². The Morgan fingerprint density at radius 3 is 3.00 bits per heavy atom. The predicted octanol–water partition coefficient (Wildman–Crippen LogP) is 2.55. The van der Waals surface area contributed by atoms with Crippen molar-refractivity contribution in [2.45, 2.75) is 20.3 Å². The quantitative estimate of drug-likeness (QED) is 0.783. The third-order valence-corrected chi connectivity index (χ3v) is 2.56. The number of rotatable bonds is 5. The first-order valence-corrected chi connectivity index (χ1v) is 5.54. The Labute approximate surface area is 83.7 Å². The van der Waals surface area contributed by atoms with E-state index in [1.807, 2.05) is 11.6 Å². The Kier molecular flexibility index (Phi) is 4.72. The highest BCUT2D eigenvalue weighted by atomic mass is 32.1. The second-order valence-corrected chi connectivity index (χ2v) is 3.73. The number of nitrogens with zero attached hydrogens (tertiary/aromatic N) is 1. The van der Waals surface area contributed by atoms with Crippen molar-refractivity contribution < 1.29 is 0 Å². The molecule has 3 heteroatoms. The van der Waals surface area contributed by atoms with E-state index in [9.17, 15) is 0 Å². The molecule has 0 saturated carbocycles. The molecule has 0 atom stereocenters. The van der Waals surface area contributed by atoms with E-state index in [0.717, 1.165) is 24.5 Å². The van der Waals surface area contributed by atoms with Gasteiger partial charge >= 0.3 is 0 Å². The molecule has 1 N–H and O–H groups in total. The van der Waals surface area contributed by atoms with Gasteiger partial charge in [-0.2, -0.15) is 0 Å². The van der Waals surface area contributed by atoms with Crippen molar-refractivity contribution in [3.05, 3.63) is 22.2 Å². The van der Waals surface area contributed by atoms with Crippen LogP contribution in [0.15, 0.2) is 17.2 Å². The van der Waals surface area contributed by atoms with Crippen LogP contribution in [0, 0.1) is 0 Å². The summed E-state index contributed by atoms with van der Waals surface area (Å²) in [5.41, 5.74) is 1.41. The largest absolute Gasteiger partial charge is 0.313 e. The van der Waals surface area contributed by atoms with Crippen molar-refractivity contribution in [2.75, 3.05) is 13.1 Å². The van der Waals surface area contributed by atoms with Crippen LogP contribution in [0.1, 0.15) is 25.3 Å². The average Bonchev–Trinajstić information content (AvgIpc) is 2.64. The van der Waals surface area contributed by atoms with Crippen molar-refractivity contribution in [1.82, 2.24) is 10.3 Å². The minimum Gasteiger partial charge on any atom is -0.313 e. The van der Waals surface area contributed by atoms with E-state index >= 15 is 0 Å². The van der Waals surface area contributed by atoms with Gasteiger partial charge in [0.15, 0.2) is 0 Å². The van der Waals surface area contributed by atoms with E-state index in [2.05, 4.69) is 30.2 Å². The Hall–Kier alpha value is -0.670. The first-order valence-electron chi connectivity index (χ1n) is 4.66. The van der Waals surface area contributed by atoms with E-state index < -0.39 is 0 Å². The molecule has 0 aromatic carbocycles.